The first kappa shape index (κ1) is 38.0. The molecule has 0 N–H and O–H groups in total. The summed E-state index contributed by atoms with van der Waals surface area (Å²) in [5.74, 6) is -0.177. The van der Waals surface area contributed by atoms with Crippen molar-refractivity contribution >= 4 is 77.7 Å². The SMILES string of the molecule is CCCCCCCCc1cc(Br)sc1-c1sc(-c2sc(Br)cc2CCCCCCCC)c2c1C(=O)N(CCCCCCCC)C2=O. The lowest BCUT2D eigenvalue weighted by Crippen LogP contribution is -2.31. The summed E-state index contributed by atoms with van der Waals surface area (Å²) in [7, 11) is 0. The third-order valence-electron chi connectivity index (χ3n) is 9.13. The van der Waals surface area contributed by atoms with Gasteiger partial charge in [0.2, 0.25) is 0 Å². The maximum Gasteiger partial charge on any atom is 0.263 e. The van der Waals surface area contributed by atoms with Crippen LogP contribution in [-0.2, 0) is 12.8 Å². The minimum Gasteiger partial charge on any atom is -0.274 e. The average molecular weight is 812 g/mol. The molecule has 0 saturated carbocycles. The summed E-state index contributed by atoms with van der Waals surface area (Å²) in [6.07, 6.45) is 23.9. The van der Waals surface area contributed by atoms with E-state index in [4.69, 9.17) is 0 Å². The van der Waals surface area contributed by atoms with Gasteiger partial charge in [0.15, 0.2) is 0 Å². The molecule has 3 aromatic rings. The van der Waals surface area contributed by atoms with Gasteiger partial charge in [-0.1, -0.05) is 117 Å². The number of amides is 2. The molecule has 1 aliphatic heterocycles. The first-order valence-electron chi connectivity index (χ1n) is 18.0. The summed E-state index contributed by atoms with van der Waals surface area (Å²) in [5, 5.41) is 0. The Bertz CT molecular complexity index is 1310. The van der Waals surface area contributed by atoms with Gasteiger partial charge in [-0.15, -0.1) is 34.0 Å². The first-order valence-corrected chi connectivity index (χ1v) is 22.0. The third kappa shape index (κ3) is 10.1. The van der Waals surface area contributed by atoms with Gasteiger partial charge in [0.05, 0.1) is 28.5 Å². The molecule has 0 radical (unpaired) electrons. The average Bonchev–Trinajstić information content (AvgIpc) is 3.77. The van der Waals surface area contributed by atoms with E-state index in [1.807, 2.05) is 0 Å². The molecular formula is C38H53Br2NO2S3. The van der Waals surface area contributed by atoms with Gasteiger partial charge in [0.1, 0.15) is 0 Å². The molecule has 254 valence electrons. The Labute approximate surface area is 307 Å². The Morgan fingerprint density at radius 1 is 0.500 bits per heavy atom. The number of imide groups is 1. The van der Waals surface area contributed by atoms with Crippen LogP contribution in [0.2, 0.25) is 0 Å². The van der Waals surface area contributed by atoms with Crippen LogP contribution in [0, 0.1) is 0 Å². The van der Waals surface area contributed by atoms with Gasteiger partial charge in [-0.2, -0.15) is 0 Å². The van der Waals surface area contributed by atoms with Crippen LogP contribution < -0.4 is 0 Å². The second-order valence-electron chi connectivity index (χ2n) is 12.9. The molecule has 8 heteroatoms. The number of hydrogen-bond acceptors (Lipinski definition) is 5. The zero-order chi connectivity index (χ0) is 32.9. The van der Waals surface area contributed by atoms with Crippen molar-refractivity contribution < 1.29 is 9.59 Å². The largest absolute Gasteiger partial charge is 0.274 e. The Morgan fingerprint density at radius 2 is 0.870 bits per heavy atom. The maximum absolute atomic E-state index is 14.2. The van der Waals surface area contributed by atoms with E-state index >= 15 is 0 Å². The molecule has 3 nitrogen and oxygen atoms in total. The van der Waals surface area contributed by atoms with Gasteiger partial charge in [0.25, 0.3) is 11.8 Å². The molecule has 4 heterocycles. The van der Waals surface area contributed by atoms with Gasteiger partial charge in [-0.25, -0.2) is 0 Å². The summed E-state index contributed by atoms with van der Waals surface area (Å²) < 4.78 is 2.19. The highest BCUT2D eigenvalue weighted by molar-refractivity contribution is 9.11. The van der Waals surface area contributed by atoms with Crippen LogP contribution in [0.4, 0.5) is 0 Å². The highest BCUT2D eigenvalue weighted by Crippen LogP contribution is 2.52. The van der Waals surface area contributed by atoms with Crippen molar-refractivity contribution in [2.24, 2.45) is 0 Å². The highest BCUT2D eigenvalue weighted by atomic mass is 79.9. The maximum atomic E-state index is 14.2. The van der Waals surface area contributed by atoms with E-state index in [0.29, 0.717) is 17.7 Å². The topological polar surface area (TPSA) is 37.4 Å². The van der Waals surface area contributed by atoms with Crippen LogP contribution in [-0.4, -0.2) is 23.3 Å². The molecule has 0 bridgehead atoms. The summed E-state index contributed by atoms with van der Waals surface area (Å²) in [5.41, 5.74) is 3.92. The number of unbranched alkanes of at least 4 members (excludes halogenated alkanes) is 15. The van der Waals surface area contributed by atoms with Crippen molar-refractivity contribution in [2.45, 2.75) is 149 Å². The van der Waals surface area contributed by atoms with E-state index in [9.17, 15) is 9.59 Å². The molecule has 0 fully saturated rings. The molecular weight excluding hydrogens is 758 g/mol. The monoisotopic (exact) mass is 809 g/mol. The van der Waals surface area contributed by atoms with Gasteiger partial charge in [-0.3, -0.25) is 14.5 Å². The van der Waals surface area contributed by atoms with Crippen molar-refractivity contribution in [1.29, 1.82) is 0 Å². The first-order chi connectivity index (χ1) is 22.4. The molecule has 0 spiro atoms. The normalized spacial score (nSPS) is 13.0. The van der Waals surface area contributed by atoms with Crippen LogP contribution in [0.5, 0.6) is 0 Å². The molecule has 2 amide bonds. The van der Waals surface area contributed by atoms with Crippen molar-refractivity contribution in [1.82, 2.24) is 4.90 Å². The number of nitrogens with zero attached hydrogens (tertiary/aromatic N) is 1. The Hall–Kier alpha value is -0.800. The molecule has 0 aromatic carbocycles. The predicted molar refractivity (Wildman–Crippen MR) is 209 cm³/mol. The van der Waals surface area contributed by atoms with Crippen LogP contribution in [0.1, 0.15) is 168 Å². The number of carbonyl (C=O) groups is 2. The molecule has 3 aromatic heterocycles. The van der Waals surface area contributed by atoms with E-state index in [1.54, 1.807) is 38.9 Å². The lowest BCUT2D eigenvalue weighted by Gasteiger charge is -2.15. The number of fused-ring (bicyclic) bond motifs is 1. The summed E-state index contributed by atoms with van der Waals surface area (Å²) in [6.45, 7) is 7.26. The molecule has 0 atom stereocenters. The van der Waals surface area contributed by atoms with Crippen molar-refractivity contribution in [3.8, 4) is 19.5 Å². The van der Waals surface area contributed by atoms with Gasteiger partial charge in [-0.05, 0) is 87.2 Å². The zero-order valence-corrected chi connectivity index (χ0v) is 33.9. The quantitative estimate of drug-likeness (QED) is 0.0707. The Kier molecular flexibility index (Phi) is 16.5. The Morgan fingerprint density at radius 3 is 1.28 bits per heavy atom. The molecule has 0 unspecified atom stereocenters. The Balaban J connectivity index is 1.64. The van der Waals surface area contributed by atoms with Crippen LogP contribution in [0.15, 0.2) is 19.7 Å². The molecule has 0 saturated heterocycles. The molecule has 4 rings (SSSR count). The van der Waals surface area contributed by atoms with E-state index in [1.165, 1.54) is 104 Å². The number of carbonyl (C=O) groups excluding carboxylic acids is 2. The summed E-state index contributed by atoms with van der Waals surface area (Å²) in [4.78, 5) is 34.3. The van der Waals surface area contributed by atoms with E-state index in [2.05, 4.69) is 64.8 Å². The van der Waals surface area contributed by atoms with Gasteiger partial charge in [0, 0.05) is 16.3 Å². The minimum absolute atomic E-state index is 0.0887. The zero-order valence-electron chi connectivity index (χ0n) is 28.2. The van der Waals surface area contributed by atoms with Gasteiger partial charge >= 0.3 is 0 Å². The second-order valence-corrected chi connectivity index (χ2v) is 18.8. The fraction of sp³-hybridized carbons (Fsp3) is 0.632. The van der Waals surface area contributed by atoms with Crippen molar-refractivity contribution in [3.05, 3.63) is 42.0 Å². The number of thiophene rings is 3. The number of rotatable bonds is 23. The van der Waals surface area contributed by atoms with Crippen molar-refractivity contribution in [2.75, 3.05) is 6.54 Å². The highest BCUT2D eigenvalue weighted by Gasteiger charge is 2.43. The second kappa shape index (κ2) is 20.0. The van der Waals surface area contributed by atoms with Crippen LogP contribution in [0.25, 0.3) is 19.5 Å². The number of aryl methyl sites for hydroxylation is 2. The van der Waals surface area contributed by atoms with E-state index < -0.39 is 0 Å². The molecule has 1 aliphatic rings. The van der Waals surface area contributed by atoms with E-state index in [0.717, 1.165) is 62.3 Å². The fourth-order valence-corrected chi connectivity index (χ4v) is 11.5. The predicted octanol–water partition coefficient (Wildman–Crippen LogP) is 14.5. The lowest BCUT2D eigenvalue weighted by molar-refractivity contribution is 0.0652. The standard InChI is InChI=1S/C38H53Br2NO2S3/c1-4-7-10-13-16-19-22-27-25-29(39)44-33(27)35-31-32(38(43)41(37(31)42)24-21-18-15-12-9-6-3)36(46-35)34-28(26-30(40)45-34)23-20-17-14-11-8-5-2/h25-26H,4-24H2,1-3H3. The summed E-state index contributed by atoms with van der Waals surface area (Å²) >= 11 is 12.7. The minimum atomic E-state index is -0.0887. The number of halogens is 2. The van der Waals surface area contributed by atoms with Crippen LogP contribution in [0.3, 0.4) is 0 Å². The summed E-state index contributed by atoms with van der Waals surface area (Å²) in [6, 6.07) is 4.50. The third-order valence-corrected chi connectivity index (χ3v) is 14.0. The van der Waals surface area contributed by atoms with Crippen LogP contribution >= 0.6 is 65.9 Å². The number of hydrogen-bond donors (Lipinski definition) is 0. The molecule has 46 heavy (non-hydrogen) atoms. The molecule has 0 aliphatic carbocycles. The smallest absolute Gasteiger partial charge is 0.263 e. The lowest BCUT2D eigenvalue weighted by atomic mass is 10.0. The van der Waals surface area contributed by atoms with Crippen molar-refractivity contribution in [3.63, 3.8) is 0 Å². The van der Waals surface area contributed by atoms with Gasteiger partial charge < -0.3 is 0 Å². The fourth-order valence-electron chi connectivity index (χ4n) is 6.51. The van der Waals surface area contributed by atoms with E-state index in [-0.39, 0.29) is 11.8 Å².